The summed E-state index contributed by atoms with van der Waals surface area (Å²) in [6.45, 7) is 3.88. The molecule has 0 aliphatic carbocycles. The number of rotatable bonds is 1. The summed E-state index contributed by atoms with van der Waals surface area (Å²) in [5.41, 5.74) is 2.89. The molecule has 1 aromatic rings. The second-order valence-corrected chi connectivity index (χ2v) is 5.68. The van der Waals surface area contributed by atoms with Crippen molar-refractivity contribution in [2.75, 3.05) is 6.26 Å². The Morgan fingerprint density at radius 2 is 2.18 bits per heavy atom. The van der Waals surface area contributed by atoms with Gasteiger partial charge in [-0.15, -0.1) is 11.8 Å². The topological polar surface area (TPSA) is 42.3 Å². The molecule has 1 aromatic heterocycles. The highest BCUT2D eigenvalue weighted by atomic mass is 32.2. The fourth-order valence-corrected chi connectivity index (χ4v) is 2.90. The lowest BCUT2D eigenvalue weighted by Gasteiger charge is -2.04. The van der Waals surface area contributed by atoms with Crippen LogP contribution in [0.2, 0.25) is 0 Å². The summed E-state index contributed by atoms with van der Waals surface area (Å²) in [4.78, 5) is 20.7. The lowest BCUT2D eigenvalue weighted by molar-refractivity contribution is -0.113. The van der Waals surface area contributed by atoms with E-state index in [1.165, 1.54) is 23.5 Å². The van der Waals surface area contributed by atoms with E-state index in [-0.39, 0.29) is 5.91 Å². The predicted octanol–water partition coefficient (Wildman–Crippen LogP) is 3.11. The van der Waals surface area contributed by atoms with Gasteiger partial charge < -0.3 is 0 Å². The maximum absolute atomic E-state index is 11.7. The zero-order valence-electron chi connectivity index (χ0n) is 9.85. The molecule has 0 spiro atoms. The molecule has 2 rings (SSSR count). The van der Waals surface area contributed by atoms with Crippen LogP contribution in [0.15, 0.2) is 28.2 Å². The number of hydrogen-bond acceptors (Lipinski definition) is 4. The molecule has 0 saturated heterocycles. The Morgan fingerprint density at radius 3 is 2.71 bits per heavy atom. The van der Waals surface area contributed by atoms with Gasteiger partial charge in [0.25, 0.3) is 5.91 Å². The van der Waals surface area contributed by atoms with Crippen LogP contribution in [0.3, 0.4) is 0 Å². The summed E-state index contributed by atoms with van der Waals surface area (Å²) in [5.74, 6) is -0.141. The van der Waals surface area contributed by atoms with Gasteiger partial charge in [-0.2, -0.15) is 4.99 Å². The molecule has 1 aliphatic rings. The van der Waals surface area contributed by atoms with Crippen LogP contribution >= 0.6 is 23.5 Å². The number of allylic oxidation sites excluding steroid dienone is 1. The maximum Gasteiger partial charge on any atom is 0.285 e. The Bertz CT molecular complexity index is 518. The number of carbonyl (C=O) groups excluding carboxylic acids is 1. The summed E-state index contributed by atoms with van der Waals surface area (Å²) in [6, 6.07) is 3.93. The first-order valence-electron chi connectivity index (χ1n) is 5.10. The minimum atomic E-state index is -0.141. The lowest BCUT2D eigenvalue weighted by atomic mass is 10.1. The van der Waals surface area contributed by atoms with E-state index >= 15 is 0 Å². The molecule has 0 atom stereocenters. The van der Waals surface area contributed by atoms with E-state index in [0.717, 1.165) is 21.2 Å². The van der Waals surface area contributed by atoms with Crippen molar-refractivity contribution in [3.63, 3.8) is 0 Å². The van der Waals surface area contributed by atoms with E-state index < -0.39 is 0 Å². The quantitative estimate of drug-likeness (QED) is 0.731. The highest BCUT2D eigenvalue weighted by Gasteiger charge is 2.23. The number of carbonyl (C=O) groups is 1. The fourth-order valence-electron chi connectivity index (χ4n) is 1.43. The molecule has 17 heavy (non-hydrogen) atoms. The Labute approximate surface area is 109 Å². The number of amides is 1. The minimum absolute atomic E-state index is 0.141. The smallest absolute Gasteiger partial charge is 0.266 e. The second-order valence-electron chi connectivity index (χ2n) is 3.63. The minimum Gasteiger partial charge on any atom is -0.266 e. The highest BCUT2D eigenvalue weighted by molar-refractivity contribution is 8.40. The van der Waals surface area contributed by atoms with E-state index in [1.807, 2.05) is 32.2 Å². The van der Waals surface area contributed by atoms with Gasteiger partial charge in [-0.3, -0.25) is 9.78 Å². The van der Waals surface area contributed by atoms with Crippen molar-refractivity contribution in [1.82, 2.24) is 4.98 Å². The first kappa shape index (κ1) is 12.4. The Kier molecular flexibility index (Phi) is 3.69. The average molecular weight is 264 g/mol. The van der Waals surface area contributed by atoms with E-state index in [0.29, 0.717) is 4.91 Å². The molecule has 0 bridgehead atoms. The first-order chi connectivity index (χ1) is 8.11. The van der Waals surface area contributed by atoms with Gasteiger partial charge in [0.2, 0.25) is 0 Å². The average Bonchev–Trinajstić information content (AvgIpc) is 2.71. The van der Waals surface area contributed by atoms with Crippen molar-refractivity contribution in [3.05, 3.63) is 34.5 Å². The van der Waals surface area contributed by atoms with E-state index in [4.69, 9.17) is 0 Å². The van der Waals surface area contributed by atoms with Crippen molar-refractivity contribution < 1.29 is 4.79 Å². The van der Waals surface area contributed by atoms with Crippen molar-refractivity contribution in [2.45, 2.75) is 13.8 Å². The van der Waals surface area contributed by atoms with Crippen LogP contribution in [0.5, 0.6) is 0 Å². The van der Waals surface area contributed by atoms with Crippen LogP contribution in [-0.2, 0) is 4.79 Å². The molecule has 88 valence electrons. The van der Waals surface area contributed by atoms with Crippen molar-refractivity contribution >= 4 is 39.4 Å². The normalized spacial score (nSPS) is 18.3. The molecule has 0 N–H and O–H groups in total. The van der Waals surface area contributed by atoms with Crippen molar-refractivity contribution in [2.24, 2.45) is 4.99 Å². The Balaban J connectivity index is 2.34. The predicted molar refractivity (Wildman–Crippen MR) is 75.1 cm³/mol. The van der Waals surface area contributed by atoms with Crippen LogP contribution in [0.4, 0.5) is 0 Å². The molecule has 0 saturated carbocycles. The monoisotopic (exact) mass is 264 g/mol. The summed E-state index contributed by atoms with van der Waals surface area (Å²) < 4.78 is 0.810. The molecular weight excluding hydrogens is 252 g/mol. The molecule has 5 heteroatoms. The lowest BCUT2D eigenvalue weighted by Crippen LogP contribution is -1.94. The maximum atomic E-state index is 11.7. The van der Waals surface area contributed by atoms with Gasteiger partial charge in [-0.25, -0.2) is 0 Å². The van der Waals surface area contributed by atoms with Gasteiger partial charge in [0.05, 0.1) is 4.91 Å². The second kappa shape index (κ2) is 5.06. The molecule has 0 radical (unpaired) electrons. The molecule has 2 heterocycles. The molecule has 0 unspecified atom stereocenters. The summed E-state index contributed by atoms with van der Waals surface area (Å²) in [6.07, 6.45) is 3.72. The van der Waals surface area contributed by atoms with Crippen molar-refractivity contribution in [3.8, 4) is 0 Å². The van der Waals surface area contributed by atoms with Crippen LogP contribution in [0, 0.1) is 6.92 Å². The molecule has 0 aromatic carbocycles. The number of aromatic nitrogens is 1. The summed E-state index contributed by atoms with van der Waals surface area (Å²) in [5, 5.41) is 0. The highest BCUT2D eigenvalue weighted by Crippen LogP contribution is 2.36. The number of pyridine rings is 1. The molecule has 1 amide bonds. The van der Waals surface area contributed by atoms with Crippen LogP contribution in [0.25, 0.3) is 5.57 Å². The molecule has 1 aliphatic heterocycles. The van der Waals surface area contributed by atoms with Gasteiger partial charge >= 0.3 is 0 Å². The Morgan fingerprint density at radius 1 is 1.41 bits per heavy atom. The molecule has 0 fully saturated rings. The summed E-state index contributed by atoms with van der Waals surface area (Å²) in [7, 11) is 0. The third kappa shape index (κ3) is 2.61. The SMILES string of the molecule is CSC1=NC(=O)C(=C(C)c2ccc(C)nc2)S1. The first-order valence-corrected chi connectivity index (χ1v) is 7.14. The van der Waals surface area contributed by atoms with Crippen LogP contribution < -0.4 is 0 Å². The number of nitrogens with zero attached hydrogens (tertiary/aromatic N) is 2. The molecular formula is C12H12N2OS2. The van der Waals surface area contributed by atoms with Gasteiger partial charge in [0, 0.05) is 11.9 Å². The number of hydrogen-bond donors (Lipinski definition) is 0. The standard InChI is InChI=1S/C12H12N2OS2/c1-7-4-5-9(6-13-7)8(2)10-11(15)14-12(16-3)17-10/h4-6H,1-3H3. The third-order valence-corrected chi connectivity index (χ3v) is 4.58. The third-order valence-electron chi connectivity index (χ3n) is 2.44. The molecule has 3 nitrogen and oxygen atoms in total. The zero-order valence-corrected chi connectivity index (χ0v) is 11.5. The largest absolute Gasteiger partial charge is 0.285 e. The van der Waals surface area contributed by atoms with E-state index in [2.05, 4.69) is 9.98 Å². The fraction of sp³-hybridized carbons (Fsp3) is 0.250. The van der Waals surface area contributed by atoms with Gasteiger partial charge in [0.1, 0.15) is 4.38 Å². The van der Waals surface area contributed by atoms with Gasteiger partial charge in [-0.05, 0) is 37.3 Å². The summed E-state index contributed by atoms with van der Waals surface area (Å²) >= 11 is 2.94. The van der Waals surface area contributed by atoms with Crippen LogP contribution in [0.1, 0.15) is 18.2 Å². The van der Waals surface area contributed by atoms with E-state index in [9.17, 15) is 4.79 Å². The number of thioether (sulfide) groups is 2. The van der Waals surface area contributed by atoms with Gasteiger partial charge in [0.15, 0.2) is 0 Å². The Hall–Kier alpha value is -1.07. The van der Waals surface area contributed by atoms with Gasteiger partial charge in [-0.1, -0.05) is 17.8 Å². The van der Waals surface area contributed by atoms with E-state index in [1.54, 1.807) is 6.20 Å². The van der Waals surface area contributed by atoms with Crippen molar-refractivity contribution in [1.29, 1.82) is 0 Å². The number of aliphatic imine (C=N–C) groups is 1. The zero-order chi connectivity index (χ0) is 12.4. The number of aryl methyl sites for hydroxylation is 1. The van der Waals surface area contributed by atoms with Crippen LogP contribution in [-0.4, -0.2) is 21.5 Å².